The fourth-order valence-electron chi connectivity index (χ4n) is 2.05. The van der Waals surface area contributed by atoms with E-state index in [0.29, 0.717) is 11.4 Å². The van der Waals surface area contributed by atoms with Gasteiger partial charge < -0.3 is 10.5 Å². The summed E-state index contributed by atoms with van der Waals surface area (Å²) in [5.41, 5.74) is 8.75. The molecule has 3 rings (SSSR count). The number of anilines is 1. The van der Waals surface area contributed by atoms with Crippen molar-refractivity contribution in [2.75, 3.05) is 5.73 Å². The lowest BCUT2D eigenvalue weighted by Crippen LogP contribution is -1.94. The second-order valence-electron chi connectivity index (χ2n) is 4.56. The maximum atomic E-state index is 6.16. The molecule has 0 bridgehead atoms. The van der Waals surface area contributed by atoms with Crippen molar-refractivity contribution in [1.29, 1.82) is 0 Å². The third kappa shape index (κ3) is 2.34. The highest BCUT2D eigenvalue weighted by Gasteiger charge is 2.07. The Morgan fingerprint density at radius 2 is 2.00 bits per heavy atom. The van der Waals surface area contributed by atoms with Crippen LogP contribution in [0.15, 0.2) is 53.1 Å². The molecule has 1 heterocycles. The van der Waals surface area contributed by atoms with Gasteiger partial charge in [-0.25, -0.2) is 0 Å². The van der Waals surface area contributed by atoms with Gasteiger partial charge in [-0.3, -0.25) is 4.98 Å². The van der Waals surface area contributed by atoms with E-state index in [1.165, 1.54) is 0 Å². The van der Waals surface area contributed by atoms with Gasteiger partial charge in [0.05, 0.1) is 11.2 Å². The molecular formula is C16H13BrN2O. The molecule has 4 heteroatoms. The second kappa shape index (κ2) is 5.13. The number of fused-ring (bicyclic) bond motifs is 1. The van der Waals surface area contributed by atoms with Crippen molar-refractivity contribution < 1.29 is 4.74 Å². The van der Waals surface area contributed by atoms with Gasteiger partial charge in [0.1, 0.15) is 5.75 Å². The van der Waals surface area contributed by atoms with Gasteiger partial charge in [-0.1, -0.05) is 15.9 Å². The summed E-state index contributed by atoms with van der Waals surface area (Å²) in [6.07, 6.45) is 1.75. The topological polar surface area (TPSA) is 48.1 Å². The normalized spacial score (nSPS) is 10.7. The first kappa shape index (κ1) is 12.9. The number of pyridine rings is 1. The predicted molar refractivity (Wildman–Crippen MR) is 85.1 cm³/mol. The number of hydrogen-bond donors (Lipinski definition) is 1. The van der Waals surface area contributed by atoms with Gasteiger partial charge in [-0.05, 0) is 55.0 Å². The average Bonchev–Trinajstić information content (AvgIpc) is 2.46. The molecule has 1 aromatic heterocycles. The number of ether oxygens (including phenoxy) is 1. The molecule has 0 aliphatic carbocycles. The predicted octanol–water partition coefficient (Wildman–Crippen LogP) is 4.68. The molecule has 0 spiro atoms. The van der Waals surface area contributed by atoms with E-state index in [4.69, 9.17) is 10.5 Å². The number of benzene rings is 2. The lowest BCUT2D eigenvalue weighted by Gasteiger charge is -2.11. The minimum Gasteiger partial charge on any atom is -0.455 e. The Kier molecular flexibility index (Phi) is 3.32. The molecule has 0 radical (unpaired) electrons. The van der Waals surface area contributed by atoms with E-state index in [2.05, 4.69) is 20.9 Å². The minimum absolute atomic E-state index is 0.608. The number of nitrogen functional groups attached to an aromatic ring is 1. The molecule has 100 valence electrons. The summed E-state index contributed by atoms with van der Waals surface area (Å²) in [5, 5.41) is 0.902. The Balaban J connectivity index is 2.02. The van der Waals surface area contributed by atoms with Crippen LogP contribution in [0.2, 0.25) is 0 Å². The Bertz CT molecular complexity index is 787. The summed E-state index contributed by atoms with van der Waals surface area (Å²) in [4.78, 5) is 4.27. The molecule has 3 nitrogen and oxygen atoms in total. The van der Waals surface area contributed by atoms with Crippen molar-refractivity contribution in [2.24, 2.45) is 0 Å². The zero-order chi connectivity index (χ0) is 14.1. The number of nitrogens with zero attached hydrogens (tertiary/aromatic N) is 1. The van der Waals surface area contributed by atoms with Crippen LogP contribution in [0.3, 0.4) is 0 Å². The van der Waals surface area contributed by atoms with E-state index in [-0.39, 0.29) is 0 Å². The molecule has 0 amide bonds. The molecule has 0 saturated heterocycles. The third-order valence-corrected chi connectivity index (χ3v) is 4.03. The maximum Gasteiger partial charge on any atom is 0.151 e. The monoisotopic (exact) mass is 328 g/mol. The Morgan fingerprint density at radius 1 is 1.15 bits per heavy atom. The average molecular weight is 329 g/mol. The van der Waals surface area contributed by atoms with Gasteiger partial charge >= 0.3 is 0 Å². The summed E-state index contributed by atoms with van der Waals surface area (Å²) >= 11 is 3.47. The van der Waals surface area contributed by atoms with E-state index in [0.717, 1.165) is 26.7 Å². The molecule has 0 unspecified atom stereocenters. The lowest BCUT2D eigenvalue weighted by atomic mass is 10.1. The van der Waals surface area contributed by atoms with Gasteiger partial charge in [0.2, 0.25) is 0 Å². The molecule has 0 aliphatic rings. The van der Waals surface area contributed by atoms with Crippen LogP contribution >= 0.6 is 15.9 Å². The number of aromatic nitrogens is 1. The number of nitrogens with two attached hydrogens (primary N) is 1. The summed E-state index contributed by atoms with van der Waals surface area (Å²) in [6, 6.07) is 13.4. The van der Waals surface area contributed by atoms with E-state index in [9.17, 15) is 0 Å². The van der Waals surface area contributed by atoms with Gasteiger partial charge in [0.15, 0.2) is 5.75 Å². The SMILES string of the molecule is Cc1cc(Oc2ccc3ncccc3c2N)ccc1Br. The van der Waals surface area contributed by atoms with Gasteiger partial charge in [0.25, 0.3) is 0 Å². The molecule has 3 aromatic rings. The third-order valence-electron chi connectivity index (χ3n) is 3.14. The van der Waals surface area contributed by atoms with E-state index in [1.807, 2.05) is 49.4 Å². The molecule has 0 fully saturated rings. The van der Waals surface area contributed by atoms with Crippen LogP contribution in [-0.2, 0) is 0 Å². The van der Waals surface area contributed by atoms with Crippen LogP contribution in [0, 0.1) is 6.92 Å². The van der Waals surface area contributed by atoms with Crippen molar-refractivity contribution in [3.63, 3.8) is 0 Å². The summed E-state index contributed by atoms with van der Waals surface area (Å²) in [7, 11) is 0. The van der Waals surface area contributed by atoms with Crippen molar-refractivity contribution in [3.8, 4) is 11.5 Å². The van der Waals surface area contributed by atoms with Crippen LogP contribution in [0.1, 0.15) is 5.56 Å². The zero-order valence-corrected chi connectivity index (χ0v) is 12.5. The fraction of sp³-hybridized carbons (Fsp3) is 0.0625. The van der Waals surface area contributed by atoms with Crippen LogP contribution in [0.4, 0.5) is 5.69 Å². The summed E-state index contributed by atoms with van der Waals surface area (Å²) in [5.74, 6) is 1.41. The van der Waals surface area contributed by atoms with E-state index < -0.39 is 0 Å². The zero-order valence-electron chi connectivity index (χ0n) is 10.9. The first-order valence-corrected chi connectivity index (χ1v) is 7.01. The fourth-order valence-corrected chi connectivity index (χ4v) is 2.30. The smallest absolute Gasteiger partial charge is 0.151 e. The number of halogens is 1. The molecule has 2 aromatic carbocycles. The highest BCUT2D eigenvalue weighted by molar-refractivity contribution is 9.10. The maximum absolute atomic E-state index is 6.16. The van der Waals surface area contributed by atoms with Gasteiger partial charge in [-0.15, -0.1) is 0 Å². The largest absolute Gasteiger partial charge is 0.455 e. The molecule has 20 heavy (non-hydrogen) atoms. The molecule has 0 aliphatic heterocycles. The quantitative estimate of drug-likeness (QED) is 0.695. The first-order valence-electron chi connectivity index (χ1n) is 6.22. The van der Waals surface area contributed by atoms with Crippen molar-refractivity contribution >= 4 is 32.5 Å². The molecule has 0 atom stereocenters. The Labute approximate surface area is 125 Å². The lowest BCUT2D eigenvalue weighted by molar-refractivity contribution is 0.485. The van der Waals surface area contributed by atoms with Crippen LogP contribution in [0.25, 0.3) is 10.9 Å². The Morgan fingerprint density at radius 3 is 2.80 bits per heavy atom. The van der Waals surface area contributed by atoms with Crippen molar-refractivity contribution in [1.82, 2.24) is 4.98 Å². The highest BCUT2D eigenvalue weighted by Crippen LogP contribution is 2.33. The molecule has 0 saturated carbocycles. The second-order valence-corrected chi connectivity index (χ2v) is 5.41. The highest BCUT2D eigenvalue weighted by atomic mass is 79.9. The Hall–Kier alpha value is -2.07. The standard InChI is InChI=1S/C16H13BrN2O/c1-10-9-11(4-5-13(10)17)20-15-7-6-14-12(16(15)18)3-2-8-19-14/h2-9H,18H2,1H3. The summed E-state index contributed by atoms with van der Waals surface area (Å²) < 4.78 is 6.94. The summed E-state index contributed by atoms with van der Waals surface area (Å²) in [6.45, 7) is 2.02. The van der Waals surface area contributed by atoms with Crippen LogP contribution in [0.5, 0.6) is 11.5 Å². The van der Waals surface area contributed by atoms with Crippen molar-refractivity contribution in [2.45, 2.75) is 6.92 Å². The molecule has 2 N–H and O–H groups in total. The number of rotatable bonds is 2. The van der Waals surface area contributed by atoms with E-state index in [1.54, 1.807) is 6.20 Å². The number of hydrogen-bond acceptors (Lipinski definition) is 3. The van der Waals surface area contributed by atoms with Gasteiger partial charge in [-0.2, -0.15) is 0 Å². The van der Waals surface area contributed by atoms with E-state index >= 15 is 0 Å². The minimum atomic E-state index is 0.608. The molecular weight excluding hydrogens is 316 g/mol. The number of aryl methyl sites for hydroxylation is 1. The van der Waals surface area contributed by atoms with Crippen molar-refractivity contribution in [3.05, 3.63) is 58.7 Å². The van der Waals surface area contributed by atoms with Crippen LogP contribution in [-0.4, -0.2) is 4.98 Å². The van der Waals surface area contributed by atoms with Crippen LogP contribution < -0.4 is 10.5 Å². The first-order chi connectivity index (χ1) is 9.65. The van der Waals surface area contributed by atoms with Gasteiger partial charge in [0, 0.05) is 16.1 Å².